The van der Waals surface area contributed by atoms with Crippen LogP contribution in [0.1, 0.15) is 15.9 Å². The van der Waals surface area contributed by atoms with Crippen molar-refractivity contribution in [2.24, 2.45) is 0 Å². The van der Waals surface area contributed by atoms with Crippen molar-refractivity contribution in [2.75, 3.05) is 10.6 Å². The van der Waals surface area contributed by atoms with Crippen molar-refractivity contribution < 1.29 is 9.18 Å². The van der Waals surface area contributed by atoms with E-state index in [1.165, 1.54) is 12.1 Å². The molecule has 0 heterocycles. The Morgan fingerprint density at radius 3 is 2.20 bits per heavy atom. The molecule has 0 unspecified atom stereocenters. The standard InChI is InChI=1S/C20H16BrFN2O/c21-19-4-2-1-3-18(19)20(25)24-17-11-9-16(10-12-17)23-13-14-5-7-15(22)8-6-14/h1-12,23H,13H2,(H,24,25). The molecule has 1 amide bonds. The molecule has 0 bridgehead atoms. The molecule has 0 saturated carbocycles. The Labute approximate surface area is 154 Å². The van der Waals surface area contributed by atoms with Crippen LogP contribution >= 0.6 is 15.9 Å². The highest BCUT2D eigenvalue weighted by molar-refractivity contribution is 9.10. The quantitative estimate of drug-likeness (QED) is 0.599. The second-order valence-electron chi connectivity index (χ2n) is 5.49. The lowest BCUT2D eigenvalue weighted by atomic mass is 10.2. The lowest BCUT2D eigenvalue weighted by molar-refractivity contribution is 0.102. The monoisotopic (exact) mass is 398 g/mol. The second-order valence-corrected chi connectivity index (χ2v) is 6.35. The van der Waals surface area contributed by atoms with Crippen LogP contribution in [0, 0.1) is 5.82 Å². The van der Waals surface area contributed by atoms with E-state index in [1.54, 1.807) is 18.2 Å². The van der Waals surface area contributed by atoms with Crippen LogP contribution in [0.3, 0.4) is 0 Å². The third-order valence-electron chi connectivity index (χ3n) is 3.67. The van der Waals surface area contributed by atoms with E-state index < -0.39 is 0 Å². The number of hydrogen-bond donors (Lipinski definition) is 2. The summed E-state index contributed by atoms with van der Waals surface area (Å²) in [6.45, 7) is 0.600. The fraction of sp³-hybridized carbons (Fsp3) is 0.0500. The zero-order valence-corrected chi connectivity index (χ0v) is 14.9. The molecule has 0 aliphatic heterocycles. The normalized spacial score (nSPS) is 10.3. The molecule has 2 N–H and O–H groups in total. The van der Waals surface area contributed by atoms with Gasteiger partial charge in [-0.2, -0.15) is 0 Å². The number of carbonyl (C=O) groups excluding carboxylic acids is 1. The Bertz CT molecular complexity index is 864. The first-order chi connectivity index (χ1) is 12.1. The van der Waals surface area contributed by atoms with Gasteiger partial charge in [-0.15, -0.1) is 0 Å². The summed E-state index contributed by atoms with van der Waals surface area (Å²) in [6.07, 6.45) is 0. The van der Waals surface area contributed by atoms with Crippen LogP contribution in [-0.2, 0) is 6.54 Å². The summed E-state index contributed by atoms with van der Waals surface area (Å²) < 4.78 is 13.6. The minimum atomic E-state index is -0.242. The summed E-state index contributed by atoms with van der Waals surface area (Å²) in [5, 5.41) is 6.13. The molecule has 3 nitrogen and oxygen atoms in total. The molecule has 0 radical (unpaired) electrons. The molecule has 0 aromatic heterocycles. The highest BCUT2D eigenvalue weighted by Gasteiger charge is 2.09. The third-order valence-corrected chi connectivity index (χ3v) is 4.36. The van der Waals surface area contributed by atoms with E-state index >= 15 is 0 Å². The fourth-order valence-corrected chi connectivity index (χ4v) is 2.79. The Morgan fingerprint density at radius 1 is 0.880 bits per heavy atom. The van der Waals surface area contributed by atoms with Gasteiger partial charge in [0.25, 0.3) is 5.91 Å². The van der Waals surface area contributed by atoms with E-state index in [1.807, 2.05) is 42.5 Å². The molecule has 25 heavy (non-hydrogen) atoms. The van der Waals surface area contributed by atoms with E-state index in [2.05, 4.69) is 26.6 Å². The SMILES string of the molecule is O=C(Nc1ccc(NCc2ccc(F)cc2)cc1)c1ccccc1Br. The van der Waals surface area contributed by atoms with Crippen molar-refractivity contribution in [2.45, 2.75) is 6.54 Å². The smallest absolute Gasteiger partial charge is 0.256 e. The summed E-state index contributed by atoms with van der Waals surface area (Å²) in [5.74, 6) is -0.409. The predicted octanol–water partition coefficient (Wildman–Crippen LogP) is 5.45. The van der Waals surface area contributed by atoms with E-state index in [0.29, 0.717) is 17.8 Å². The summed E-state index contributed by atoms with van der Waals surface area (Å²) in [7, 11) is 0. The van der Waals surface area contributed by atoms with Gasteiger partial charge in [-0.1, -0.05) is 24.3 Å². The molecule has 0 aliphatic carbocycles. The average Bonchev–Trinajstić information content (AvgIpc) is 2.63. The summed E-state index contributed by atoms with van der Waals surface area (Å²) in [6, 6.07) is 21.1. The summed E-state index contributed by atoms with van der Waals surface area (Å²) >= 11 is 3.37. The summed E-state index contributed by atoms with van der Waals surface area (Å²) in [4.78, 5) is 12.3. The van der Waals surface area contributed by atoms with Crippen molar-refractivity contribution in [3.63, 3.8) is 0 Å². The zero-order chi connectivity index (χ0) is 17.6. The number of rotatable bonds is 5. The van der Waals surface area contributed by atoms with Crippen molar-refractivity contribution in [1.29, 1.82) is 0 Å². The number of halogens is 2. The van der Waals surface area contributed by atoms with E-state index in [4.69, 9.17) is 0 Å². The van der Waals surface area contributed by atoms with Crippen LogP contribution in [0.5, 0.6) is 0 Å². The highest BCUT2D eigenvalue weighted by atomic mass is 79.9. The van der Waals surface area contributed by atoms with Crippen molar-refractivity contribution in [3.8, 4) is 0 Å². The van der Waals surface area contributed by atoms with Gasteiger partial charge in [0.2, 0.25) is 0 Å². The van der Waals surface area contributed by atoms with Gasteiger partial charge in [0.05, 0.1) is 5.56 Å². The lowest BCUT2D eigenvalue weighted by Crippen LogP contribution is -2.12. The predicted molar refractivity (Wildman–Crippen MR) is 102 cm³/mol. The second kappa shape index (κ2) is 7.94. The number of amides is 1. The number of hydrogen-bond acceptors (Lipinski definition) is 2. The fourth-order valence-electron chi connectivity index (χ4n) is 2.32. The Morgan fingerprint density at radius 2 is 1.52 bits per heavy atom. The molecule has 3 rings (SSSR count). The van der Waals surface area contributed by atoms with Gasteiger partial charge in [0.15, 0.2) is 0 Å². The molecular weight excluding hydrogens is 383 g/mol. The molecule has 0 spiro atoms. The Kier molecular flexibility index (Phi) is 5.46. The number of benzene rings is 3. The Balaban J connectivity index is 1.59. The first-order valence-corrected chi connectivity index (χ1v) is 8.55. The molecule has 3 aromatic carbocycles. The van der Waals surface area contributed by atoms with Gasteiger partial charge in [-0.05, 0) is 70.0 Å². The molecule has 0 atom stereocenters. The minimum Gasteiger partial charge on any atom is -0.381 e. The molecule has 126 valence electrons. The van der Waals surface area contributed by atoms with Crippen molar-refractivity contribution >= 4 is 33.2 Å². The van der Waals surface area contributed by atoms with Gasteiger partial charge in [-0.3, -0.25) is 4.79 Å². The van der Waals surface area contributed by atoms with Crippen LogP contribution in [0.2, 0.25) is 0 Å². The van der Waals surface area contributed by atoms with Gasteiger partial charge >= 0.3 is 0 Å². The zero-order valence-electron chi connectivity index (χ0n) is 13.3. The van der Waals surface area contributed by atoms with E-state index in [-0.39, 0.29) is 11.7 Å². The molecule has 3 aromatic rings. The largest absolute Gasteiger partial charge is 0.381 e. The topological polar surface area (TPSA) is 41.1 Å². The van der Waals surface area contributed by atoms with Crippen LogP contribution < -0.4 is 10.6 Å². The van der Waals surface area contributed by atoms with Gasteiger partial charge in [0.1, 0.15) is 5.82 Å². The van der Waals surface area contributed by atoms with Crippen molar-refractivity contribution in [1.82, 2.24) is 0 Å². The van der Waals surface area contributed by atoms with Crippen LogP contribution in [-0.4, -0.2) is 5.91 Å². The maximum Gasteiger partial charge on any atom is 0.256 e. The number of nitrogens with one attached hydrogen (secondary N) is 2. The van der Waals surface area contributed by atoms with Gasteiger partial charge in [-0.25, -0.2) is 4.39 Å². The van der Waals surface area contributed by atoms with E-state index in [0.717, 1.165) is 15.7 Å². The third kappa shape index (κ3) is 4.67. The van der Waals surface area contributed by atoms with Gasteiger partial charge < -0.3 is 10.6 Å². The van der Waals surface area contributed by atoms with E-state index in [9.17, 15) is 9.18 Å². The molecule has 5 heteroatoms. The first-order valence-electron chi connectivity index (χ1n) is 7.76. The van der Waals surface area contributed by atoms with Crippen LogP contribution in [0.4, 0.5) is 15.8 Å². The molecular formula is C20H16BrFN2O. The number of anilines is 2. The first kappa shape index (κ1) is 17.2. The van der Waals surface area contributed by atoms with Crippen LogP contribution in [0.15, 0.2) is 77.3 Å². The molecule has 0 saturated heterocycles. The minimum absolute atomic E-state index is 0.167. The molecule has 0 fully saturated rings. The number of carbonyl (C=O) groups is 1. The maximum absolute atomic E-state index is 12.9. The van der Waals surface area contributed by atoms with Crippen LogP contribution in [0.25, 0.3) is 0 Å². The maximum atomic E-state index is 12.9. The van der Waals surface area contributed by atoms with Crippen molar-refractivity contribution in [3.05, 3.63) is 94.2 Å². The molecule has 0 aliphatic rings. The lowest BCUT2D eigenvalue weighted by Gasteiger charge is -2.09. The average molecular weight is 399 g/mol. The summed E-state index contributed by atoms with van der Waals surface area (Å²) in [5.41, 5.74) is 3.21. The van der Waals surface area contributed by atoms with Gasteiger partial charge in [0, 0.05) is 22.4 Å². The Hall–Kier alpha value is -2.66. The highest BCUT2D eigenvalue weighted by Crippen LogP contribution is 2.19.